The van der Waals surface area contributed by atoms with Crippen LogP contribution in [0.1, 0.15) is 44.6 Å². The molecule has 2 heterocycles. The average molecular weight is 380 g/mol. The maximum Gasteiger partial charge on any atom is 0.267 e. The lowest BCUT2D eigenvalue weighted by molar-refractivity contribution is 0.100. The molecule has 3 aromatic rings. The summed E-state index contributed by atoms with van der Waals surface area (Å²) in [4.78, 5) is 30.3. The number of carbonyl (C=O) groups is 2. The van der Waals surface area contributed by atoms with Crippen molar-refractivity contribution in [2.45, 2.75) is 26.2 Å². The predicted octanol–water partition coefficient (Wildman–Crippen LogP) is 3.35. The van der Waals surface area contributed by atoms with Crippen LogP contribution in [0.25, 0.3) is 10.2 Å². The lowest BCUT2D eigenvalue weighted by atomic mass is 9.87. The van der Waals surface area contributed by atoms with Gasteiger partial charge in [-0.1, -0.05) is 19.1 Å². The van der Waals surface area contributed by atoms with E-state index in [1.807, 2.05) is 0 Å². The number of primary amides is 1. The molecule has 2 amide bonds. The minimum absolute atomic E-state index is 0.258. The van der Waals surface area contributed by atoms with E-state index in [0.717, 1.165) is 35.2 Å². The number of thiophene rings is 1. The van der Waals surface area contributed by atoms with Gasteiger partial charge in [-0.05, 0) is 48.9 Å². The summed E-state index contributed by atoms with van der Waals surface area (Å²) in [5.74, 6) is -0.334. The first-order valence-corrected chi connectivity index (χ1v) is 9.66. The molecular formula is C20H20N4O2S. The molecule has 6 nitrogen and oxygen atoms in total. The van der Waals surface area contributed by atoms with E-state index < -0.39 is 5.91 Å². The highest BCUT2D eigenvalue weighted by molar-refractivity contribution is 7.21. The van der Waals surface area contributed by atoms with Gasteiger partial charge in [0.15, 0.2) is 0 Å². The molecule has 5 N–H and O–H groups in total. The van der Waals surface area contributed by atoms with E-state index in [4.69, 9.17) is 16.5 Å². The molecule has 1 aromatic carbocycles. The fourth-order valence-corrected chi connectivity index (χ4v) is 4.52. The molecule has 0 saturated heterocycles. The molecule has 7 heteroatoms. The van der Waals surface area contributed by atoms with Gasteiger partial charge in [0.25, 0.3) is 11.8 Å². The molecule has 0 saturated carbocycles. The number of aromatic nitrogens is 1. The van der Waals surface area contributed by atoms with Crippen LogP contribution < -0.4 is 16.8 Å². The predicted molar refractivity (Wildman–Crippen MR) is 108 cm³/mol. The summed E-state index contributed by atoms with van der Waals surface area (Å²) in [7, 11) is 0. The van der Waals surface area contributed by atoms with Crippen LogP contribution in [0.15, 0.2) is 30.3 Å². The second kappa shape index (κ2) is 6.66. The van der Waals surface area contributed by atoms with Gasteiger partial charge in [-0.25, -0.2) is 4.98 Å². The molecule has 4 rings (SSSR count). The Labute approximate surface area is 160 Å². The van der Waals surface area contributed by atoms with Gasteiger partial charge in [0.05, 0.1) is 16.9 Å². The van der Waals surface area contributed by atoms with Crippen LogP contribution in [0.4, 0.5) is 11.4 Å². The van der Waals surface area contributed by atoms with E-state index in [0.29, 0.717) is 22.2 Å². The maximum atomic E-state index is 12.8. The van der Waals surface area contributed by atoms with Gasteiger partial charge in [-0.3, -0.25) is 9.59 Å². The van der Waals surface area contributed by atoms with Gasteiger partial charge in [0.1, 0.15) is 9.71 Å². The first-order valence-electron chi connectivity index (χ1n) is 8.85. The highest BCUT2D eigenvalue weighted by Crippen LogP contribution is 2.36. The minimum Gasteiger partial charge on any atom is -0.397 e. The number of nitrogen functional groups attached to an aromatic ring is 1. The van der Waals surface area contributed by atoms with Crippen LogP contribution in [-0.2, 0) is 12.8 Å². The lowest BCUT2D eigenvalue weighted by Crippen LogP contribution is -2.18. The Kier molecular flexibility index (Phi) is 4.31. The number of aryl methyl sites for hydroxylation is 1. The number of carbonyl (C=O) groups excluding carboxylic acids is 2. The van der Waals surface area contributed by atoms with Crippen molar-refractivity contribution >= 4 is 44.7 Å². The quantitative estimate of drug-likeness (QED) is 0.647. The van der Waals surface area contributed by atoms with Gasteiger partial charge >= 0.3 is 0 Å². The molecule has 1 aliphatic rings. The summed E-state index contributed by atoms with van der Waals surface area (Å²) in [6.45, 7) is 2.24. The fraction of sp³-hybridized carbons (Fsp3) is 0.250. The number of fused-ring (bicyclic) bond motifs is 2. The van der Waals surface area contributed by atoms with Gasteiger partial charge in [-0.15, -0.1) is 11.3 Å². The van der Waals surface area contributed by atoms with Crippen molar-refractivity contribution in [1.29, 1.82) is 0 Å². The Balaban J connectivity index is 1.71. The number of anilines is 2. The van der Waals surface area contributed by atoms with Gasteiger partial charge in [0.2, 0.25) is 0 Å². The van der Waals surface area contributed by atoms with Crippen molar-refractivity contribution in [3.05, 3.63) is 52.0 Å². The molecule has 1 unspecified atom stereocenters. The number of rotatable bonds is 3. The molecule has 27 heavy (non-hydrogen) atoms. The molecule has 0 aliphatic heterocycles. The molecule has 2 aromatic heterocycles. The molecule has 1 aliphatic carbocycles. The number of nitrogens with two attached hydrogens (primary N) is 2. The summed E-state index contributed by atoms with van der Waals surface area (Å²) in [5, 5.41) is 3.57. The van der Waals surface area contributed by atoms with Crippen molar-refractivity contribution in [3.63, 3.8) is 0 Å². The summed E-state index contributed by atoms with van der Waals surface area (Å²) in [6, 6.07) is 8.71. The maximum absolute atomic E-state index is 12.8. The zero-order valence-electron chi connectivity index (χ0n) is 14.9. The van der Waals surface area contributed by atoms with Crippen molar-refractivity contribution in [1.82, 2.24) is 4.98 Å². The van der Waals surface area contributed by atoms with Gasteiger partial charge < -0.3 is 16.8 Å². The Hall–Kier alpha value is -2.93. The number of pyridine rings is 1. The number of para-hydroxylation sites is 1. The third-order valence-corrected chi connectivity index (χ3v) is 6.09. The SMILES string of the molecule is CC1CCc2nc3sc(C(=O)Nc4ccccc4C(N)=O)c(N)c3cc2C1. The monoisotopic (exact) mass is 380 g/mol. The first kappa shape index (κ1) is 17.5. The van der Waals surface area contributed by atoms with Crippen LogP contribution in [-0.4, -0.2) is 16.8 Å². The van der Waals surface area contributed by atoms with Crippen LogP contribution >= 0.6 is 11.3 Å². The second-order valence-corrected chi connectivity index (χ2v) is 8.00. The largest absolute Gasteiger partial charge is 0.397 e. The first-order chi connectivity index (χ1) is 12.9. The molecule has 138 valence electrons. The summed E-state index contributed by atoms with van der Waals surface area (Å²) < 4.78 is 0. The molecule has 0 spiro atoms. The number of nitrogens with one attached hydrogen (secondary N) is 1. The summed E-state index contributed by atoms with van der Waals surface area (Å²) >= 11 is 1.27. The summed E-state index contributed by atoms with van der Waals surface area (Å²) in [6.07, 6.45) is 3.07. The van der Waals surface area contributed by atoms with Crippen molar-refractivity contribution in [2.24, 2.45) is 11.7 Å². The Morgan fingerprint density at radius 3 is 2.85 bits per heavy atom. The third kappa shape index (κ3) is 3.14. The third-order valence-electron chi connectivity index (χ3n) is 4.98. The normalized spacial score (nSPS) is 16.1. The second-order valence-electron chi connectivity index (χ2n) is 7.00. The molecular weight excluding hydrogens is 360 g/mol. The average Bonchev–Trinajstić information content (AvgIpc) is 2.96. The Morgan fingerprint density at radius 2 is 2.07 bits per heavy atom. The van der Waals surface area contributed by atoms with Crippen LogP contribution in [0.2, 0.25) is 0 Å². The number of benzene rings is 1. The Bertz CT molecular complexity index is 1070. The van der Waals surface area contributed by atoms with E-state index in [1.165, 1.54) is 16.9 Å². The van der Waals surface area contributed by atoms with Crippen LogP contribution in [0.5, 0.6) is 0 Å². The van der Waals surface area contributed by atoms with E-state index in [-0.39, 0.29) is 11.5 Å². The fourth-order valence-electron chi connectivity index (χ4n) is 3.53. The van der Waals surface area contributed by atoms with E-state index in [1.54, 1.807) is 24.3 Å². The molecule has 0 fully saturated rings. The van der Waals surface area contributed by atoms with Crippen molar-refractivity contribution in [3.8, 4) is 0 Å². The highest BCUT2D eigenvalue weighted by Gasteiger charge is 2.23. The van der Waals surface area contributed by atoms with Crippen LogP contribution in [0.3, 0.4) is 0 Å². The zero-order chi connectivity index (χ0) is 19.1. The molecule has 1 atom stereocenters. The van der Waals surface area contributed by atoms with Gasteiger partial charge in [0, 0.05) is 11.1 Å². The molecule has 0 bridgehead atoms. The van der Waals surface area contributed by atoms with E-state index >= 15 is 0 Å². The standard InChI is InChI=1S/C20H20N4O2S/c1-10-6-7-14-11(8-10)9-13-16(21)17(27-20(13)24-14)19(26)23-15-5-3-2-4-12(15)18(22)25/h2-5,9-10H,6-8,21H2,1H3,(H2,22,25)(H,23,26). The highest BCUT2D eigenvalue weighted by atomic mass is 32.1. The number of nitrogens with zero attached hydrogens (tertiary/aromatic N) is 1. The Morgan fingerprint density at radius 1 is 1.30 bits per heavy atom. The zero-order valence-corrected chi connectivity index (χ0v) is 15.7. The van der Waals surface area contributed by atoms with E-state index in [9.17, 15) is 9.59 Å². The minimum atomic E-state index is -0.598. The van der Waals surface area contributed by atoms with Crippen molar-refractivity contribution < 1.29 is 9.59 Å². The summed E-state index contributed by atoms with van der Waals surface area (Å²) in [5.41, 5.74) is 15.0. The van der Waals surface area contributed by atoms with Crippen LogP contribution in [0, 0.1) is 5.92 Å². The van der Waals surface area contributed by atoms with Gasteiger partial charge in [-0.2, -0.15) is 0 Å². The smallest absolute Gasteiger partial charge is 0.267 e. The van der Waals surface area contributed by atoms with E-state index in [2.05, 4.69) is 18.3 Å². The number of hydrogen-bond acceptors (Lipinski definition) is 5. The van der Waals surface area contributed by atoms with Crippen molar-refractivity contribution in [2.75, 3.05) is 11.1 Å². The topological polar surface area (TPSA) is 111 Å². The number of hydrogen-bond donors (Lipinski definition) is 3. The lowest BCUT2D eigenvalue weighted by Gasteiger charge is -2.20. The molecule has 0 radical (unpaired) electrons. The number of amides is 2.